The van der Waals surface area contributed by atoms with Crippen LogP contribution in [0.1, 0.15) is 44.0 Å². The number of nitrogens with one attached hydrogen (secondary N) is 1. The highest BCUT2D eigenvalue weighted by Crippen LogP contribution is 2.34. The van der Waals surface area contributed by atoms with Gasteiger partial charge in [0, 0.05) is 29.0 Å². The van der Waals surface area contributed by atoms with Crippen LogP contribution >= 0.6 is 11.8 Å². The number of rotatable bonds is 6. The summed E-state index contributed by atoms with van der Waals surface area (Å²) in [6.07, 6.45) is 0.504. The van der Waals surface area contributed by atoms with Crippen molar-refractivity contribution >= 4 is 46.8 Å². The van der Waals surface area contributed by atoms with Crippen molar-refractivity contribution in [1.82, 2.24) is 0 Å². The molecule has 0 aromatic heterocycles. The highest BCUT2D eigenvalue weighted by molar-refractivity contribution is 8.00. The fourth-order valence-electron chi connectivity index (χ4n) is 3.21. The topological polar surface area (TPSA) is 110 Å². The molecule has 1 unspecified atom stereocenters. The first-order valence-electron chi connectivity index (χ1n) is 9.87. The number of carbonyl (C=O) groups is 4. The van der Waals surface area contributed by atoms with Gasteiger partial charge in [0.25, 0.3) is 0 Å². The Labute approximate surface area is 185 Å². The minimum absolute atomic E-state index is 0.0533. The van der Waals surface area contributed by atoms with E-state index < -0.39 is 11.2 Å². The lowest BCUT2D eigenvalue weighted by atomic mass is 9.92. The quantitative estimate of drug-likeness (QED) is 0.669. The van der Waals surface area contributed by atoms with Crippen LogP contribution in [-0.4, -0.2) is 28.9 Å². The van der Waals surface area contributed by atoms with Crippen molar-refractivity contribution < 1.29 is 19.2 Å². The Bertz CT molecular complexity index is 1010. The van der Waals surface area contributed by atoms with Crippen LogP contribution in [-0.2, 0) is 14.4 Å². The zero-order chi connectivity index (χ0) is 22.8. The molecule has 1 aliphatic rings. The lowest BCUT2D eigenvalue weighted by molar-refractivity contribution is -0.121. The number of benzene rings is 2. The number of hydrogen-bond donors (Lipinski definition) is 2. The van der Waals surface area contributed by atoms with Crippen LogP contribution in [0.25, 0.3) is 0 Å². The van der Waals surface area contributed by atoms with Gasteiger partial charge in [-0.05, 0) is 53.9 Å². The molecule has 0 bridgehead atoms. The second-order valence-corrected chi connectivity index (χ2v) is 9.88. The molecular formula is C23H25N3O4S. The predicted octanol–water partition coefficient (Wildman–Crippen LogP) is 3.58. The normalized spacial score (nSPS) is 16.5. The summed E-state index contributed by atoms with van der Waals surface area (Å²) < 4.78 is 0. The van der Waals surface area contributed by atoms with Gasteiger partial charge >= 0.3 is 0 Å². The minimum Gasteiger partial charge on any atom is -0.366 e. The fourth-order valence-corrected chi connectivity index (χ4v) is 4.26. The van der Waals surface area contributed by atoms with Crippen molar-refractivity contribution in [3.63, 3.8) is 0 Å². The van der Waals surface area contributed by atoms with Gasteiger partial charge in [-0.15, -0.1) is 11.8 Å². The minimum atomic E-state index is -0.572. The van der Waals surface area contributed by atoms with Crippen molar-refractivity contribution in [1.29, 1.82) is 0 Å². The van der Waals surface area contributed by atoms with Gasteiger partial charge in [-0.3, -0.25) is 19.2 Å². The summed E-state index contributed by atoms with van der Waals surface area (Å²) in [5.74, 6) is -1.22. The number of thioether (sulfide) groups is 1. The monoisotopic (exact) mass is 439 g/mol. The van der Waals surface area contributed by atoms with E-state index in [2.05, 4.69) is 5.32 Å². The van der Waals surface area contributed by atoms with E-state index in [9.17, 15) is 19.2 Å². The maximum Gasteiger partial charge on any atom is 0.248 e. The maximum absolute atomic E-state index is 12.8. The Kier molecular flexibility index (Phi) is 6.50. The summed E-state index contributed by atoms with van der Waals surface area (Å²) in [7, 11) is 0. The predicted molar refractivity (Wildman–Crippen MR) is 121 cm³/mol. The summed E-state index contributed by atoms with van der Waals surface area (Å²) in [4.78, 5) is 50.5. The molecule has 3 N–H and O–H groups in total. The summed E-state index contributed by atoms with van der Waals surface area (Å²) >= 11 is 1.31. The Morgan fingerprint density at radius 2 is 1.68 bits per heavy atom. The Morgan fingerprint density at radius 3 is 2.23 bits per heavy atom. The Morgan fingerprint density at radius 1 is 1.06 bits per heavy atom. The molecule has 162 valence electrons. The van der Waals surface area contributed by atoms with Gasteiger partial charge in [-0.25, -0.2) is 4.90 Å². The summed E-state index contributed by atoms with van der Waals surface area (Å²) in [6.45, 7) is 6.00. The number of nitrogens with two attached hydrogens (primary N) is 1. The molecular weight excluding hydrogens is 414 g/mol. The molecule has 1 fully saturated rings. The first-order valence-corrected chi connectivity index (χ1v) is 10.7. The molecule has 4 amide bonds. The molecule has 1 atom stereocenters. The second-order valence-electron chi connectivity index (χ2n) is 8.60. The summed E-state index contributed by atoms with van der Waals surface area (Å²) in [5, 5.41) is 2.33. The van der Waals surface area contributed by atoms with Crippen molar-refractivity contribution in [3.8, 4) is 0 Å². The van der Waals surface area contributed by atoms with Crippen LogP contribution in [0.4, 0.5) is 11.4 Å². The zero-order valence-corrected chi connectivity index (χ0v) is 18.5. The van der Waals surface area contributed by atoms with E-state index in [1.165, 1.54) is 36.0 Å². The maximum atomic E-state index is 12.8. The first kappa shape index (κ1) is 22.6. The molecule has 0 radical (unpaired) electrons. The van der Waals surface area contributed by atoms with Gasteiger partial charge < -0.3 is 11.1 Å². The van der Waals surface area contributed by atoms with Crippen molar-refractivity contribution in [2.45, 2.75) is 43.8 Å². The third kappa shape index (κ3) is 5.73. The third-order valence-electron chi connectivity index (χ3n) is 4.62. The van der Waals surface area contributed by atoms with E-state index in [4.69, 9.17) is 5.73 Å². The number of nitrogens with zero attached hydrogens (tertiary/aromatic N) is 1. The van der Waals surface area contributed by atoms with E-state index in [0.717, 1.165) is 9.80 Å². The van der Waals surface area contributed by atoms with Gasteiger partial charge in [-0.2, -0.15) is 0 Å². The molecule has 1 aliphatic heterocycles. The Hall–Kier alpha value is -3.13. The van der Waals surface area contributed by atoms with E-state index in [-0.39, 0.29) is 29.6 Å². The number of imide groups is 1. The van der Waals surface area contributed by atoms with Gasteiger partial charge in [0.2, 0.25) is 23.6 Å². The molecule has 31 heavy (non-hydrogen) atoms. The number of hydrogen-bond acceptors (Lipinski definition) is 5. The third-order valence-corrected chi connectivity index (χ3v) is 5.82. The van der Waals surface area contributed by atoms with E-state index in [1.54, 1.807) is 12.1 Å². The lowest BCUT2D eigenvalue weighted by Gasteiger charge is -2.17. The van der Waals surface area contributed by atoms with Crippen LogP contribution < -0.4 is 16.0 Å². The Balaban J connectivity index is 1.64. The van der Waals surface area contributed by atoms with E-state index in [0.29, 0.717) is 23.4 Å². The molecule has 0 aliphatic carbocycles. The van der Waals surface area contributed by atoms with E-state index in [1.807, 2.05) is 32.9 Å². The first-order chi connectivity index (χ1) is 14.5. The van der Waals surface area contributed by atoms with Crippen LogP contribution in [0.15, 0.2) is 53.4 Å². The summed E-state index contributed by atoms with van der Waals surface area (Å²) in [5.41, 5.74) is 6.54. The lowest BCUT2D eigenvalue weighted by Crippen LogP contribution is -2.31. The fraction of sp³-hybridized carbons (Fsp3) is 0.304. The second kappa shape index (κ2) is 8.93. The number of primary amides is 1. The highest BCUT2D eigenvalue weighted by Gasteiger charge is 2.40. The number of anilines is 2. The van der Waals surface area contributed by atoms with Crippen LogP contribution in [0.5, 0.6) is 0 Å². The standard InChI is InChI=1S/C23H25N3O4S/c1-23(2,3)13-19(27)25-15-6-10-17(11-7-15)31-18-12-20(28)26(22(18)30)16-8-4-14(5-9-16)21(24)29/h4-11,18H,12-13H2,1-3H3,(H2,24,29)(H,25,27). The van der Waals surface area contributed by atoms with Gasteiger partial charge in [-0.1, -0.05) is 20.8 Å². The highest BCUT2D eigenvalue weighted by atomic mass is 32.2. The molecule has 1 saturated heterocycles. The van der Waals surface area contributed by atoms with Crippen molar-refractivity contribution in [2.75, 3.05) is 10.2 Å². The van der Waals surface area contributed by atoms with Gasteiger partial charge in [0.05, 0.1) is 10.9 Å². The number of carbonyl (C=O) groups excluding carboxylic acids is 4. The van der Waals surface area contributed by atoms with Gasteiger partial charge in [0.1, 0.15) is 0 Å². The van der Waals surface area contributed by atoms with Crippen LogP contribution in [0.2, 0.25) is 0 Å². The molecule has 2 aromatic rings. The van der Waals surface area contributed by atoms with Crippen LogP contribution in [0.3, 0.4) is 0 Å². The average molecular weight is 440 g/mol. The molecule has 7 nitrogen and oxygen atoms in total. The molecule has 1 heterocycles. The average Bonchev–Trinajstić information content (AvgIpc) is 2.95. The number of amides is 4. The molecule has 0 spiro atoms. The van der Waals surface area contributed by atoms with Crippen molar-refractivity contribution in [3.05, 3.63) is 54.1 Å². The van der Waals surface area contributed by atoms with Crippen LogP contribution in [0, 0.1) is 5.41 Å². The zero-order valence-electron chi connectivity index (χ0n) is 17.7. The van der Waals surface area contributed by atoms with Gasteiger partial charge in [0.15, 0.2) is 0 Å². The molecule has 0 saturated carbocycles. The molecule has 8 heteroatoms. The smallest absolute Gasteiger partial charge is 0.248 e. The molecule has 3 rings (SSSR count). The largest absolute Gasteiger partial charge is 0.366 e. The summed E-state index contributed by atoms with van der Waals surface area (Å²) in [6, 6.07) is 13.3. The van der Waals surface area contributed by atoms with Crippen molar-refractivity contribution in [2.24, 2.45) is 11.1 Å². The molecule has 2 aromatic carbocycles. The van der Waals surface area contributed by atoms with E-state index >= 15 is 0 Å². The SMILES string of the molecule is CC(C)(C)CC(=O)Nc1ccc(SC2CC(=O)N(c3ccc(C(N)=O)cc3)C2=O)cc1.